The van der Waals surface area contributed by atoms with Gasteiger partial charge in [0.15, 0.2) is 0 Å². The van der Waals surface area contributed by atoms with E-state index in [1.54, 1.807) is 0 Å². The summed E-state index contributed by atoms with van der Waals surface area (Å²) in [4.78, 5) is 0. The zero-order chi connectivity index (χ0) is 13.3. The van der Waals surface area contributed by atoms with Crippen LogP contribution in [0.25, 0.3) is 0 Å². The summed E-state index contributed by atoms with van der Waals surface area (Å²) >= 11 is 0. The van der Waals surface area contributed by atoms with Crippen molar-refractivity contribution in [1.82, 2.24) is 0 Å². The van der Waals surface area contributed by atoms with Crippen LogP contribution in [-0.4, -0.2) is 38.2 Å². The minimum absolute atomic E-state index is 0.214. The van der Waals surface area contributed by atoms with Crippen LogP contribution in [0.1, 0.15) is 19.3 Å². The highest BCUT2D eigenvalue weighted by atomic mass is 32.2. The molecule has 0 bridgehead atoms. The van der Waals surface area contributed by atoms with E-state index in [1.165, 1.54) is 13.1 Å². The van der Waals surface area contributed by atoms with E-state index < -0.39 is 26.3 Å². The Kier molecular flexibility index (Phi) is 3.90. The molecule has 1 heterocycles. The lowest BCUT2D eigenvalue weighted by Crippen LogP contribution is -2.56. The van der Waals surface area contributed by atoms with Gasteiger partial charge in [-0.25, -0.2) is 0 Å². The third-order valence-corrected chi connectivity index (χ3v) is 3.98. The lowest BCUT2D eigenvalue weighted by Gasteiger charge is -2.38. The second kappa shape index (κ2) is 4.58. The van der Waals surface area contributed by atoms with Crippen molar-refractivity contribution in [1.29, 1.82) is 0 Å². The molecule has 0 radical (unpaired) electrons. The third-order valence-electron chi connectivity index (χ3n) is 2.88. The Morgan fingerprint density at radius 3 is 2.47 bits per heavy atom. The number of piperidine rings is 1. The van der Waals surface area contributed by atoms with Crippen molar-refractivity contribution in [3.63, 3.8) is 0 Å². The van der Waals surface area contributed by atoms with Crippen molar-refractivity contribution in [3.05, 3.63) is 12.7 Å². The molecule has 1 saturated heterocycles. The predicted octanol–water partition coefficient (Wildman–Crippen LogP) is 1.95. The maximum absolute atomic E-state index is 12.2. The number of halogens is 3. The molecule has 0 aromatic heterocycles. The molecule has 17 heavy (non-hydrogen) atoms. The standard InChI is InChI=1S/C9H15F3NO3S/c1-3-8-6-4-5-7-13(8,2)16-17(14,15)9(10,11)12/h3,8H,1,4-7H2,2H3/q+1. The zero-order valence-corrected chi connectivity index (χ0v) is 10.2. The van der Waals surface area contributed by atoms with Gasteiger partial charge in [0.05, 0.1) is 0 Å². The van der Waals surface area contributed by atoms with E-state index >= 15 is 0 Å². The highest BCUT2D eigenvalue weighted by molar-refractivity contribution is 7.87. The minimum atomic E-state index is -5.57. The van der Waals surface area contributed by atoms with E-state index in [1.807, 2.05) is 0 Å². The van der Waals surface area contributed by atoms with Gasteiger partial charge in [0.2, 0.25) is 0 Å². The smallest absolute Gasteiger partial charge is 0.185 e. The van der Waals surface area contributed by atoms with Gasteiger partial charge in [-0.3, -0.25) is 0 Å². The van der Waals surface area contributed by atoms with Crippen LogP contribution in [0.3, 0.4) is 0 Å². The topological polar surface area (TPSA) is 43.4 Å². The van der Waals surface area contributed by atoms with Crippen LogP contribution >= 0.6 is 0 Å². The number of alkyl halides is 3. The summed E-state index contributed by atoms with van der Waals surface area (Å²) < 4.78 is 62.4. The van der Waals surface area contributed by atoms with Gasteiger partial charge in [0, 0.05) is 6.42 Å². The van der Waals surface area contributed by atoms with Crippen molar-refractivity contribution in [2.45, 2.75) is 30.8 Å². The number of hydrogen-bond acceptors (Lipinski definition) is 3. The maximum atomic E-state index is 12.2. The van der Waals surface area contributed by atoms with Gasteiger partial charge < -0.3 is 0 Å². The molecule has 1 rings (SSSR count). The first-order chi connectivity index (χ1) is 7.62. The number of nitrogens with zero attached hydrogens (tertiary/aromatic N) is 1. The van der Waals surface area contributed by atoms with Gasteiger partial charge in [-0.2, -0.15) is 26.2 Å². The van der Waals surface area contributed by atoms with Crippen LogP contribution in [0.4, 0.5) is 13.2 Å². The molecule has 4 nitrogen and oxygen atoms in total. The SMILES string of the molecule is C=CC1CCCC[N+]1(C)OS(=O)(=O)C(F)(F)F. The summed E-state index contributed by atoms with van der Waals surface area (Å²) in [5.41, 5.74) is -5.39. The maximum Gasteiger partial charge on any atom is 0.528 e. The third kappa shape index (κ3) is 2.99. The largest absolute Gasteiger partial charge is 0.528 e. The van der Waals surface area contributed by atoms with Gasteiger partial charge in [0.1, 0.15) is 19.6 Å². The number of hydrogen-bond donors (Lipinski definition) is 0. The van der Waals surface area contributed by atoms with Gasteiger partial charge >= 0.3 is 15.6 Å². The van der Waals surface area contributed by atoms with Gasteiger partial charge in [0.25, 0.3) is 0 Å². The van der Waals surface area contributed by atoms with Crippen LogP contribution in [-0.2, 0) is 14.4 Å². The second-order valence-corrected chi connectivity index (χ2v) is 5.69. The predicted molar refractivity (Wildman–Crippen MR) is 54.9 cm³/mol. The monoisotopic (exact) mass is 274 g/mol. The van der Waals surface area contributed by atoms with Crippen molar-refractivity contribution in [3.8, 4) is 0 Å². The lowest BCUT2D eigenvalue weighted by atomic mass is 10.0. The molecule has 0 saturated carbocycles. The van der Waals surface area contributed by atoms with E-state index in [0.717, 1.165) is 6.42 Å². The fraction of sp³-hybridized carbons (Fsp3) is 0.778. The summed E-state index contributed by atoms with van der Waals surface area (Å²) in [6.07, 6.45) is 3.44. The summed E-state index contributed by atoms with van der Waals surface area (Å²) in [5.74, 6) is 0. The van der Waals surface area contributed by atoms with Crippen molar-refractivity contribution < 1.29 is 30.5 Å². The first-order valence-electron chi connectivity index (χ1n) is 5.13. The molecule has 8 heteroatoms. The van der Waals surface area contributed by atoms with E-state index in [-0.39, 0.29) is 6.54 Å². The normalized spacial score (nSPS) is 31.2. The Bertz CT molecular complexity index is 393. The molecule has 0 aromatic rings. The van der Waals surface area contributed by atoms with Crippen LogP contribution in [0.5, 0.6) is 0 Å². The number of hydroxylamine groups is 3. The molecule has 0 amide bonds. The number of quaternary nitrogens is 1. The molecule has 0 spiro atoms. The van der Waals surface area contributed by atoms with E-state index in [4.69, 9.17) is 0 Å². The molecule has 1 aliphatic heterocycles. The quantitative estimate of drug-likeness (QED) is 0.449. The summed E-state index contributed by atoms with van der Waals surface area (Å²) in [7, 11) is -4.25. The molecule has 2 atom stereocenters. The Labute approximate surface area is 98.3 Å². The Morgan fingerprint density at radius 1 is 1.41 bits per heavy atom. The lowest BCUT2D eigenvalue weighted by molar-refractivity contribution is -1.08. The molecule has 0 aromatic carbocycles. The fourth-order valence-electron chi connectivity index (χ4n) is 1.92. The van der Waals surface area contributed by atoms with Crippen molar-refractivity contribution >= 4 is 10.1 Å². The van der Waals surface area contributed by atoms with E-state index in [0.29, 0.717) is 12.8 Å². The van der Waals surface area contributed by atoms with Crippen LogP contribution < -0.4 is 0 Å². The van der Waals surface area contributed by atoms with E-state index in [2.05, 4.69) is 10.9 Å². The molecule has 1 aliphatic rings. The first-order valence-corrected chi connectivity index (χ1v) is 6.53. The Balaban J connectivity index is 2.95. The van der Waals surface area contributed by atoms with Crippen LogP contribution in [0.15, 0.2) is 12.7 Å². The Morgan fingerprint density at radius 2 is 2.00 bits per heavy atom. The van der Waals surface area contributed by atoms with E-state index in [9.17, 15) is 21.6 Å². The number of rotatable bonds is 3. The highest BCUT2D eigenvalue weighted by Crippen LogP contribution is 2.32. The average molecular weight is 274 g/mol. The molecule has 0 aliphatic carbocycles. The fourth-order valence-corrected chi connectivity index (χ4v) is 2.64. The second-order valence-electron chi connectivity index (χ2n) is 4.17. The first kappa shape index (κ1) is 14.5. The molecule has 1 fully saturated rings. The van der Waals surface area contributed by atoms with Crippen LogP contribution in [0.2, 0.25) is 0 Å². The van der Waals surface area contributed by atoms with Crippen LogP contribution in [0, 0.1) is 0 Å². The molecule has 0 N–H and O–H groups in total. The zero-order valence-electron chi connectivity index (χ0n) is 9.40. The highest BCUT2D eigenvalue weighted by Gasteiger charge is 2.54. The Hall–Kier alpha value is -0.600. The van der Waals surface area contributed by atoms with Gasteiger partial charge in [-0.05, 0) is 18.9 Å². The van der Waals surface area contributed by atoms with Gasteiger partial charge in [-0.1, -0.05) is 10.9 Å². The van der Waals surface area contributed by atoms with Crippen molar-refractivity contribution in [2.75, 3.05) is 13.6 Å². The van der Waals surface area contributed by atoms with Gasteiger partial charge in [-0.15, -0.1) is 0 Å². The number of likely N-dealkylation sites (N-methyl/N-ethyl adjacent to an activating group) is 1. The molecular weight excluding hydrogens is 259 g/mol. The number of likely N-dealkylation sites (tertiary alicyclic amines) is 1. The average Bonchev–Trinajstić information content (AvgIpc) is 2.15. The molecule has 2 unspecified atom stereocenters. The molecular formula is C9H15F3NO3S+. The van der Waals surface area contributed by atoms with Crippen molar-refractivity contribution in [2.24, 2.45) is 0 Å². The minimum Gasteiger partial charge on any atom is -0.185 e. The summed E-state index contributed by atoms with van der Waals surface area (Å²) in [6, 6.07) is -0.444. The summed E-state index contributed by atoms with van der Waals surface area (Å²) in [5, 5.41) is 0. The molecule has 100 valence electrons. The summed E-state index contributed by atoms with van der Waals surface area (Å²) in [6.45, 7) is 3.71.